The average molecular weight is 493 g/mol. The van der Waals surface area contributed by atoms with Crippen LogP contribution in [0.3, 0.4) is 0 Å². The van der Waals surface area contributed by atoms with Crippen molar-refractivity contribution in [2.45, 2.75) is 47.5 Å². The Morgan fingerprint density at radius 1 is 1.00 bits per heavy atom. The summed E-state index contributed by atoms with van der Waals surface area (Å²) in [5, 5.41) is 9.01. The third-order valence-electron chi connectivity index (χ3n) is 3.66. The molecule has 0 saturated heterocycles. The first-order chi connectivity index (χ1) is 11.5. The molecule has 2 rings (SSSR count). The molecule has 140 valence electrons. The van der Waals surface area contributed by atoms with E-state index in [1.54, 1.807) is 22.7 Å². The Balaban J connectivity index is 0.00000312. The lowest BCUT2D eigenvalue weighted by Crippen LogP contribution is -2.38. The van der Waals surface area contributed by atoms with E-state index in [0.717, 1.165) is 54.8 Å². The van der Waals surface area contributed by atoms with Crippen molar-refractivity contribution in [2.24, 2.45) is 4.99 Å². The van der Waals surface area contributed by atoms with Gasteiger partial charge >= 0.3 is 0 Å². The number of aliphatic imine (C=N–C) groups is 1. The highest BCUT2D eigenvalue weighted by molar-refractivity contribution is 14.0. The Bertz CT molecular complexity index is 674. The summed E-state index contributed by atoms with van der Waals surface area (Å²) in [6.45, 7) is 12.9. The van der Waals surface area contributed by atoms with Gasteiger partial charge in [0, 0.05) is 42.2 Å². The van der Waals surface area contributed by atoms with Crippen molar-refractivity contribution in [3.8, 4) is 0 Å². The van der Waals surface area contributed by atoms with E-state index < -0.39 is 0 Å². The first-order valence-electron chi connectivity index (χ1n) is 8.37. The summed E-state index contributed by atoms with van der Waals surface area (Å²) in [6.07, 6.45) is 1.87. The molecule has 8 heteroatoms. The van der Waals surface area contributed by atoms with Gasteiger partial charge < -0.3 is 10.6 Å². The molecule has 5 nitrogen and oxygen atoms in total. The highest BCUT2D eigenvalue weighted by Gasteiger charge is 2.06. The maximum Gasteiger partial charge on any atom is 0.191 e. The molecule has 2 heterocycles. The Morgan fingerprint density at radius 3 is 2.32 bits per heavy atom. The quantitative estimate of drug-likeness (QED) is 0.350. The highest BCUT2D eigenvalue weighted by Crippen LogP contribution is 2.17. The van der Waals surface area contributed by atoms with Gasteiger partial charge in [0.2, 0.25) is 0 Å². The van der Waals surface area contributed by atoms with Gasteiger partial charge in [0.15, 0.2) is 5.96 Å². The molecule has 2 aromatic heterocycles. The standard InChI is InChI=1S/C17H27N5S2.HI/c1-6-18-17(19-9-7-15-12(3)21-14(5)24-15)20-10-8-16-22-11(2)13(4)23-16;/h6-10H2,1-5H3,(H2,18,19,20);1H. The van der Waals surface area contributed by atoms with Crippen molar-refractivity contribution in [2.75, 3.05) is 19.6 Å². The number of hydrogen-bond donors (Lipinski definition) is 2. The monoisotopic (exact) mass is 493 g/mol. The van der Waals surface area contributed by atoms with Crippen LogP contribution < -0.4 is 10.6 Å². The fourth-order valence-electron chi connectivity index (χ4n) is 2.35. The van der Waals surface area contributed by atoms with E-state index in [9.17, 15) is 0 Å². The molecule has 2 N–H and O–H groups in total. The molecule has 0 aliphatic carbocycles. The molecule has 0 atom stereocenters. The van der Waals surface area contributed by atoms with Gasteiger partial charge in [0.25, 0.3) is 0 Å². The molecular formula is C17H28IN5S2. The second-order valence-corrected chi connectivity index (χ2v) is 8.25. The van der Waals surface area contributed by atoms with Crippen LogP contribution in [0.15, 0.2) is 4.99 Å². The highest BCUT2D eigenvalue weighted by atomic mass is 127. The summed E-state index contributed by atoms with van der Waals surface area (Å²) in [5.74, 6) is 0.876. The number of aromatic nitrogens is 2. The van der Waals surface area contributed by atoms with Gasteiger partial charge in [-0.05, 0) is 34.6 Å². The van der Waals surface area contributed by atoms with Crippen LogP contribution in [0, 0.1) is 27.7 Å². The number of guanidine groups is 1. The first kappa shape index (κ1) is 22.3. The summed E-state index contributed by atoms with van der Waals surface area (Å²) in [4.78, 5) is 16.4. The second kappa shape index (κ2) is 11.1. The van der Waals surface area contributed by atoms with Crippen LogP contribution in [0.1, 0.15) is 38.1 Å². The minimum absolute atomic E-state index is 0. The molecule has 0 amide bonds. The molecular weight excluding hydrogens is 465 g/mol. The van der Waals surface area contributed by atoms with Crippen molar-refractivity contribution in [3.05, 3.63) is 31.2 Å². The number of halogens is 1. The normalized spacial score (nSPS) is 11.3. The molecule has 0 spiro atoms. The molecule has 0 aliphatic rings. The zero-order valence-corrected chi connectivity index (χ0v) is 19.6. The number of nitrogens with zero attached hydrogens (tertiary/aromatic N) is 3. The van der Waals surface area contributed by atoms with Crippen LogP contribution in [0.5, 0.6) is 0 Å². The second-order valence-electron chi connectivity index (χ2n) is 5.68. The van der Waals surface area contributed by atoms with E-state index in [1.165, 1.54) is 14.8 Å². The van der Waals surface area contributed by atoms with Crippen molar-refractivity contribution in [3.63, 3.8) is 0 Å². The average Bonchev–Trinajstić information content (AvgIpc) is 3.01. The van der Waals surface area contributed by atoms with Crippen LogP contribution >= 0.6 is 46.7 Å². The maximum atomic E-state index is 4.66. The molecule has 0 bridgehead atoms. The van der Waals surface area contributed by atoms with Gasteiger partial charge in [-0.2, -0.15) is 0 Å². The molecule has 0 saturated carbocycles. The SMILES string of the molecule is CCNC(=NCCc1nc(C)c(C)s1)NCCc1sc(C)nc1C.I. The third-order valence-corrected chi connectivity index (χ3v) is 5.92. The largest absolute Gasteiger partial charge is 0.357 e. The van der Waals surface area contributed by atoms with Crippen molar-refractivity contribution >= 4 is 52.6 Å². The Hall–Kier alpha value is -0.740. The fourth-order valence-corrected chi connectivity index (χ4v) is 4.21. The minimum Gasteiger partial charge on any atom is -0.357 e. The molecule has 0 fully saturated rings. The summed E-state index contributed by atoms with van der Waals surface area (Å²) in [5.41, 5.74) is 2.29. The van der Waals surface area contributed by atoms with E-state index in [-0.39, 0.29) is 24.0 Å². The molecule has 0 aromatic carbocycles. The number of hydrogen-bond acceptors (Lipinski definition) is 5. The predicted octanol–water partition coefficient (Wildman–Crippen LogP) is 3.79. The Morgan fingerprint density at radius 2 is 1.76 bits per heavy atom. The molecule has 0 unspecified atom stereocenters. The Kier molecular flexibility index (Phi) is 9.88. The van der Waals surface area contributed by atoms with Crippen molar-refractivity contribution in [1.29, 1.82) is 0 Å². The fraction of sp³-hybridized carbons (Fsp3) is 0.588. The molecule has 25 heavy (non-hydrogen) atoms. The number of aryl methyl sites for hydroxylation is 4. The van der Waals surface area contributed by atoms with E-state index in [4.69, 9.17) is 0 Å². The Labute approximate surface area is 175 Å². The van der Waals surface area contributed by atoms with Gasteiger partial charge in [-0.15, -0.1) is 46.7 Å². The lowest BCUT2D eigenvalue weighted by Gasteiger charge is -2.10. The third kappa shape index (κ3) is 7.18. The zero-order chi connectivity index (χ0) is 17.5. The van der Waals surface area contributed by atoms with Crippen LogP contribution in [-0.4, -0.2) is 35.6 Å². The van der Waals surface area contributed by atoms with E-state index in [0.29, 0.717) is 0 Å². The molecule has 2 aromatic rings. The zero-order valence-electron chi connectivity index (χ0n) is 15.6. The lowest BCUT2D eigenvalue weighted by atomic mass is 10.3. The number of thiazole rings is 2. The number of rotatable bonds is 7. The van der Waals surface area contributed by atoms with Crippen LogP contribution in [0.25, 0.3) is 0 Å². The summed E-state index contributed by atoms with van der Waals surface area (Å²) in [7, 11) is 0. The van der Waals surface area contributed by atoms with Gasteiger partial charge in [0.05, 0.1) is 21.4 Å². The topological polar surface area (TPSA) is 62.2 Å². The van der Waals surface area contributed by atoms with Gasteiger partial charge in [-0.25, -0.2) is 9.97 Å². The van der Waals surface area contributed by atoms with Crippen molar-refractivity contribution in [1.82, 2.24) is 20.6 Å². The van der Waals surface area contributed by atoms with Gasteiger partial charge in [-0.1, -0.05) is 0 Å². The smallest absolute Gasteiger partial charge is 0.191 e. The predicted molar refractivity (Wildman–Crippen MR) is 120 cm³/mol. The van der Waals surface area contributed by atoms with E-state index >= 15 is 0 Å². The number of nitrogens with one attached hydrogen (secondary N) is 2. The first-order valence-corrected chi connectivity index (χ1v) is 10.0. The summed E-state index contributed by atoms with van der Waals surface area (Å²) < 4.78 is 0. The van der Waals surface area contributed by atoms with E-state index in [2.05, 4.69) is 60.2 Å². The maximum absolute atomic E-state index is 4.66. The van der Waals surface area contributed by atoms with Crippen molar-refractivity contribution < 1.29 is 0 Å². The van der Waals surface area contributed by atoms with Gasteiger partial charge in [0.1, 0.15) is 0 Å². The molecule has 0 radical (unpaired) electrons. The van der Waals surface area contributed by atoms with Gasteiger partial charge in [-0.3, -0.25) is 4.99 Å². The van der Waals surface area contributed by atoms with Crippen LogP contribution in [0.2, 0.25) is 0 Å². The minimum atomic E-state index is 0. The van der Waals surface area contributed by atoms with Crippen LogP contribution in [-0.2, 0) is 12.8 Å². The summed E-state index contributed by atoms with van der Waals surface area (Å²) >= 11 is 3.55. The van der Waals surface area contributed by atoms with E-state index in [1.807, 2.05) is 0 Å². The summed E-state index contributed by atoms with van der Waals surface area (Å²) in [6, 6.07) is 0. The lowest BCUT2D eigenvalue weighted by molar-refractivity contribution is 0.797. The van der Waals surface area contributed by atoms with Crippen LogP contribution in [0.4, 0.5) is 0 Å². The molecule has 0 aliphatic heterocycles.